The van der Waals surface area contributed by atoms with Crippen LogP contribution in [0.25, 0.3) is 0 Å². The molecule has 0 aromatic heterocycles. The minimum atomic E-state index is -0.729. The second kappa shape index (κ2) is 9.58. The molecule has 4 heteroatoms. The van der Waals surface area contributed by atoms with E-state index >= 15 is 0 Å². The Labute approximate surface area is 174 Å². The number of nitrogens with zero attached hydrogens (tertiary/aromatic N) is 1. The molecule has 2 aromatic rings. The van der Waals surface area contributed by atoms with E-state index in [4.69, 9.17) is 11.6 Å². The zero-order valence-electron chi connectivity index (χ0n) is 17.0. The number of amides is 1. The summed E-state index contributed by atoms with van der Waals surface area (Å²) in [6, 6.07) is 18.1. The van der Waals surface area contributed by atoms with Crippen molar-refractivity contribution in [2.24, 2.45) is 0 Å². The number of benzene rings is 2. The molecule has 0 radical (unpaired) electrons. The number of carbonyl (C=O) groups excluding carboxylic acids is 1. The fourth-order valence-corrected chi connectivity index (χ4v) is 4.31. The first-order chi connectivity index (χ1) is 13.5. The summed E-state index contributed by atoms with van der Waals surface area (Å²) in [5.41, 5.74) is 1.30. The van der Waals surface area contributed by atoms with Crippen LogP contribution in [-0.2, 0) is 10.2 Å². The first kappa shape index (κ1) is 20.9. The third kappa shape index (κ3) is 4.76. The lowest BCUT2D eigenvalue weighted by Crippen LogP contribution is -2.49. The molecule has 1 heterocycles. The van der Waals surface area contributed by atoms with Gasteiger partial charge in [-0.15, -0.1) is 0 Å². The van der Waals surface area contributed by atoms with Crippen LogP contribution in [0.5, 0.6) is 0 Å². The Morgan fingerprint density at radius 3 is 2.21 bits per heavy atom. The average molecular weight is 399 g/mol. The lowest BCUT2D eigenvalue weighted by Gasteiger charge is -2.37. The van der Waals surface area contributed by atoms with Crippen LogP contribution in [0.1, 0.15) is 50.7 Å². The van der Waals surface area contributed by atoms with E-state index in [1.54, 1.807) is 0 Å². The van der Waals surface area contributed by atoms with Crippen molar-refractivity contribution < 1.29 is 4.79 Å². The fraction of sp³-hybridized carbons (Fsp3) is 0.458. The molecule has 1 saturated heterocycles. The topological polar surface area (TPSA) is 32.3 Å². The van der Waals surface area contributed by atoms with Gasteiger partial charge in [-0.1, -0.05) is 60.5 Å². The SMILES string of the molecule is CC(C)NC(=O)C(CCN1CCCCC1)(c1ccccc1)c1ccc(Cl)cc1. The molecule has 2 aromatic carbocycles. The van der Waals surface area contributed by atoms with Crippen molar-refractivity contribution >= 4 is 17.5 Å². The number of rotatable bonds is 7. The second-order valence-corrected chi connectivity index (χ2v) is 8.50. The molecule has 3 nitrogen and oxygen atoms in total. The van der Waals surface area contributed by atoms with Gasteiger partial charge in [0.15, 0.2) is 0 Å². The number of hydrogen-bond donors (Lipinski definition) is 1. The fourth-order valence-electron chi connectivity index (χ4n) is 4.18. The van der Waals surface area contributed by atoms with Gasteiger partial charge in [0.25, 0.3) is 0 Å². The Morgan fingerprint density at radius 1 is 1.00 bits per heavy atom. The molecule has 1 N–H and O–H groups in total. The van der Waals surface area contributed by atoms with Gasteiger partial charge in [-0.05, 0) is 76.0 Å². The Kier molecular flexibility index (Phi) is 7.14. The standard InChI is InChI=1S/C24H31ClN2O/c1-19(2)26-23(28)24(20-9-5-3-6-10-20,21-11-13-22(25)14-12-21)15-18-27-16-7-4-8-17-27/h3,5-6,9-14,19H,4,7-8,15-18H2,1-2H3,(H,26,28). The molecule has 0 bridgehead atoms. The number of halogens is 1. The number of piperidine rings is 1. The minimum Gasteiger partial charge on any atom is -0.353 e. The summed E-state index contributed by atoms with van der Waals surface area (Å²) in [5.74, 6) is 0.0630. The lowest BCUT2D eigenvalue weighted by atomic mass is 9.71. The number of nitrogens with one attached hydrogen (secondary N) is 1. The molecule has 0 spiro atoms. The third-order valence-corrected chi connectivity index (χ3v) is 5.91. The first-order valence-corrected chi connectivity index (χ1v) is 10.7. The Bertz CT molecular complexity index is 754. The predicted octanol–water partition coefficient (Wildman–Crippen LogP) is 5.03. The summed E-state index contributed by atoms with van der Waals surface area (Å²) in [5, 5.41) is 3.88. The van der Waals surface area contributed by atoms with Crippen LogP contribution in [0.3, 0.4) is 0 Å². The summed E-state index contributed by atoms with van der Waals surface area (Å²) in [7, 11) is 0. The lowest BCUT2D eigenvalue weighted by molar-refractivity contribution is -0.126. The molecule has 0 saturated carbocycles. The van der Waals surface area contributed by atoms with Crippen LogP contribution in [0.15, 0.2) is 54.6 Å². The maximum atomic E-state index is 13.7. The van der Waals surface area contributed by atoms with Gasteiger partial charge in [-0.25, -0.2) is 0 Å². The highest BCUT2D eigenvalue weighted by Gasteiger charge is 2.42. The van der Waals surface area contributed by atoms with Crippen molar-refractivity contribution in [1.82, 2.24) is 10.2 Å². The Morgan fingerprint density at radius 2 is 1.61 bits per heavy atom. The van der Waals surface area contributed by atoms with E-state index in [-0.39, 0.29) is 11.9 Å². The molecule has 0 aliphatic carbocycles. The summed E-state index contributed by atoms with van der Waals surface area (Å²) in [6.45, 7) is 7.18. The quantitative estimate of drug-likeness (QED) is 0.709. The first-order valence-electron chi connectivity index (χ1n) is 10.4. The van der Waals surface area contributed by atoms with E-state index in [0.29, 0.717) is 5.02 Å². The van der Waals surface area contributed by atoms with Crippen LogP contribution in [0.4, 0.5) is 0 Å². The summed E-state index contributed by atoms with van der Waals surface area (Å²) < 4.78 is 0. The van der Waals surface area contributed by atoms with Crippen LogP contribution in [0.2, 0.25) is 5.02 Å². The largest absolute Gasteiger partial charge is 0.353 e. The second-order valence-electron chi connectivity index (χ2n) is 8.06. The molecule has 3 rings (SSSR count). The normalized spacial score (nSPS) is 17.3. The summed E-state index contributed by atoms with van der Waals surface area (Å²) in [4.78, 5) is 16.2. The van der Waals surface area contributed by atoms with Gasteiger partial charge in [0.05, 0.1) is 0 Å². The molecule has 150 valence electrons. The molecule has 1 aliphatic rings. The van der Waals surface area contributed by atoms with Gasteiger partial charge in [0.2, 0.25) is 5.91 Å². The molecule has 28 heavy (non-hydrogen) atoms. The van der Waals surface area contributed by atoms with Crippen LogP contribution in [0, 0.1) is 0 Å². The van der Waals surface area contributed by atoms with E-state index in [1.165, 1.54) is 19.3 Å². The van der Waals surface area contributed by atoms with Crippen molar-refractivity contribution in [3.8, 4) is 0 Å². The molecule has 1 aliphatic heterocycles. The summed E-state index contributed by atoms with van der Waals surface area (Å²) in [6.07, 6.45) is 4.55. The van der Waals surface area contributed by atoms with Crippen LogP contribution < -0.4 is 5.32 Å². The highest BCUT2D eigenvalue weighted by atomic mass is 35.5. The van der Waals surface area contributed by atoms with E-state index in [1.807, 2.05) is 56.3 Å². The van der Waals surface area contributed by atoms with Crippen molar-refractivity contribution in [2.45, 2.75) is 51.0 Å². The average Bonchev–Trinajstić information content (AvgIpc) is 2.71. The maximum Gasteiger partial charge on any atom is 0.235 e. The van der Waals surface area contributed by atoms with Crippen LogP contribution >= 0.6 is 11.6 Å². The molecule has 1 fully saturated rings. The van der Waals surface area contributed by atoms with E-state index in [2.05, 4.69) is 22.3 Å². The molecule has 1 atom stereocenters. The van der Waals surface area contributed by atoms with Crippen molar-refractivity contribution in [3.63, 3.8) is 0 Å². The molecular weight excluding hydrogens is 368 g/mol. The van der Waals surface area contributed by atoms with E-state index in [9.17, 15) is 4.79 Å². The van der Waals surface area contributed by atoms with Crippen molar-refractivity contribution in [1.29, 1.82) is 0 Å². The van der Waals surface area contributed by atoms with Gasteiger partial charge in [-0.3, -0.25) is 4.79 Å². The Hall–Kier alpha value is -1.84. The van der Waals surface area contributed by atoms with E-state index < -0.39 is 5.41 Å². The number of likely N-dealkylation sites (tertiary alicyclic amines) is 1. The van der Waals surface area contributed by atoms with Crippen molar-refractivity contribution in [3.05, 3.63) is 70.7 Å². The predicted molar refractivity (Wildman–Crippen MR) is 117 cm³/mol. The smallest absolute Gasteiger partial charge is 0.235 e. The molecular formula is C24H31ClN2O. The van der Waals surface area contributed by atoms with Crippen LogP contribution in [-0.4, -0.2) is 36.5 Å². The Balaban J connectivity index is 2.04. The minimum absolute atomic E-state index is 0.0630. The third-order valence-electron chi connectivity index (χ3n) is 5.66. The van der Waals surface area contributed by atoms with Crippen molar-refractivity contribution in [2.75, 3.05) is 19.6 Å². The van der Waals surface area contributed by atoms with Gasteiger partial charge in [-0.2, -0.15) is 0 Å². The number of hydrogen-bond acceptors (Lipinski definition) is 2. The maximum absolute atomic E-state index is 13.7. The summed E-state index contributed by atoms with van der Waals surface area (Å²) >= 11 is 6.16. The molecule has 1 amide bonds. The molecule has 1 unspecified atom stereocenters. The number of carbonyl (C=O) groups is 1. The monoisotopic (exact) mass is 398 g/mol. The van der Waals surface area contributed by atoms with E-state index in [0.717, 1.165) is 37.2 Å². The zero-order chi connectivity index (χ0) is 20.0. The zero-order valence-corrected chi connectivity index (χ0v) is 17.7. The highest BCUT2D eigenvalue weighted by Crippen LogP contribution is 2.37. The van der Waals surface area contributed by atoms with Gasteiger partial charge in [0, 0.05) is 11.1 Å². The highest BCUT2D eigenvalue weighted by molar-refractivity contribution is 6.30. The van der Waals surface area contributed by atoms with Gasteiger partial charge in [0.1, 0.15) is 5.41 Å². The van der Waals surface area contributed by atoms with Gasteiger partial charge < -0.3 is 10.2 Å². The van der Waals surface area contributed by atoms with Gasteiger partial charge >= 0.3 is 0 Å².